The van der Waals surface area contributed by atoms with E-state index in [1.807, 2.05) is 42.5 Å². The van der Waals surface area contributed by atoms with Crippen LogP contribution < -0.4 is 14.8 Å². The third-order valence-electron chi connectivity index (χ3n) is 3.66. The van der Waals surface area contributed by atoms with Crippen molar-refractivity contribution in [3.63, 3.8) is 0 Å². The van der Waals surface area contributed by atoms with Crippen molar-refractivity contribution in [3.05, 3.63) is 59.7 Å². The van der Waals surface area contributed by atoms with Gasteiger partial charge in [-0.25, -0.2) is 0 Å². The molecular weight excluding hydrogens is 290 g/mol. The largest absolute Gasteiger partial charge is 0.454 e. The fraction of sp³-hybridized carbons (Fsp3) is 0.211. The van der Waals surface area contributed by atoms with Gasteiger partial charge < -0.3 is 14.8 Å². The lowest BCUT2D eigenvalue weighted by Crippen LogP contribution is -2.10. The second-order valence-corrected chi connectivity index (χ2v) is 5.68. The highest BCUT2D eigenvalue weighted by atomic mass is 16.7. The van der Waals surface area contributed by atoms with Crippen LogP contribution in [0.1, 0.15) is 30.9 Å². The number of benzene rings is 2. The number of carbonyl (C=O) groups excluding carboxylic acids is 1. The smallest absolute Gasteiger partial charge is 0.248 e. The number of anilines is 1. The number of para-hydroxylation sites is 1. The van der Waals surface area contributed by atoms with E-state index in [-0.39, 0.29) is 12.7 Å². The Morgan fingerprint density at radius 3 is 2.74 bits per heavy atom. The van der Waals surface area contributed by atoms with E-state index in [2.05, 4.69) is 19.2 Å². The van der Waals surface area contributed by atoms with Crippen molar-refractivity contribution >= 4 is 17.7 Å². The van der Waals surface area contributed by atoms with E-state index in [1.165, 1.54) is 6.08 Å². The summed E-state index contributed by atoms with van der Waals surface area (Å²) in [5.41, 5.74) is 2.86. The van der Waals surface area contributed by atoms with E-state index >= 15 is 0 Å². The molecule has 1 amide bonds. The van der Waals surface area contributed by atoms with Crippen LogP contribution >= 0.6 is 0 Å². The molecule has 0 unspecified atom stereocenters. The van der Waals surface area contributed by atoms with E-state index in [0.29, 0.717) is 11.7 Å². The summed E-state index contributed by atoms with van der Waals surface area (Å²) in [5.74, 6) is 1.63. The van der Waals surface area contributed by atoms with Gasteiger partial charge in [0.05, 0.1) is 0 Å². The first kappa shape index (κ1) is 15.2. The molecule has 2 aromatic carbocycles. The number of nitrogens with one attached hydrogen (secondary N) is 1. The minimum absolute atomic E-state index is 0.157. The van der Waals surface area contributed by atoms with E-state index in [0.717, 1.165) is 22.6 Å². The second kappa shape index (κ2) is 6.57. The molecule has 3 rings (SSSR count). The number of carbonyl (C=O) groups is 1. The number of ether oxygens (including phenoxy) is 2. The van der Waals surface area contributed by atoms with Crippen molar-refractivity contribution in [1.82, 2.24) is 0 Å². The minimum Gasteiger partial charge on any atom is -0.454 e. The average Bonchev–Trinajstić information content (AvgIpc) is 3.01. The third-order valence-corrected chi connectivity index (χ3v) is 3.66. The summed E-state index contributed by atoms with van der Waals surface area (Å²) in [7, 11) is 0. The van der Waals surface area contributed by atoms with Crippen LogP contribution in [0.4, 0.5) is 5.69 Å². The topological polar surface area (TPSA) is 47.6 Å². The fourth-order valence-electron chi connectivity index (χ4n) is 2.48. The van der Waals surface area contributed by atoms with Crippen LogP contribution in [0.25, 0.3) is 6.08 Å². The first-order valence-electron chi connectivity index (χ1n) is 7.61. The number of amides is 1. The Morgan fingerprint density at radius 2 is 1.91 bits per heavy atom. The Bertz CT molecular complexity index is 750. The van der Waals surface area contributed by atoms with Crippen molar-refractivity contribution in [2.24, 2.45) is 0 Å². The lowest BCUT2D eigenvalue weighted by molar-refractivity contribution is -0.111. The summed E-state index contributed by atoms with van der Waals surface area (Å²) in [6, 6.07) is 13.4. The molecule has 0 spiro atoms. The van der Waals surface area contributed by atoms with Gasteiger partial charge >= 0.3 is 0 Å². The molecule has 0 aromatic heterocycles. The van der Waals surface area contributed by atoms with Crippen LogP contribution in [0, 0.1) is 0 Å². The first-order valence-corrected chi connectivity index (χ1v) is 7.61. The van der Waals surface area contributed by atoms with Crippen molar-refractivity contribution in [1.29, 1.82) is 0 Å². The van der Waals surface area contributed by atoms with Crippen molar-refractivity contribution in [3.8, 4) is 11.5 Å². The zero-order chi connectivity index (χ0) is 16.2. The van der Waals surface area contributed by atoms with E-state index in [9.17, 15) is 4.79 Å². The molecule has 1 aliphatic heterocycles. The summed E-state index contributed by atoms with van der Waals surface area (Å²) in [6.45, 7) is 4.45. The van der Waals surface area contributed by atoms with Crippen LogP contribution in [0.5, 0.6) is 11.5 Å². The molecule has 118 valence electrons. The van der Waals surface area contributed by atoms with Gasteiger partial charge in [-0.2, -0.15) is 0 Å². The van der Waals surface area contributed by atoms with Crippen molar-refractivity contribution in [2.75, 3.05) is 12.1 Å². The third kappa shape index (κ3) is 3.54. The lowest BCUT2D eigenvalue weighted by atomic mass is 10.0. The van der Waals surface area contributed by atoms with E-state index in [1.54, 1.807) is 6.08 Å². The van der Waals surface area contributed by atoms with Crippen LogP contribution in [-0.4, -0.2) is 12.7 Å². The Balaban J connectivity index is 1.70. The number of hydrogen-bond donors (Lipinski definition) is 1. The van der Waals surface area contributed by atoms with Gasteiger partial charge in [0.25, 0.3) is 0 Å². The van der Waals surface area contributed by atoms with E-state index < -0.39 is 0 Å². The van der Waals surface area contributed by atoms with Crippen molar-refractivity contribution in [2.45, 2.75) is 19.8 Å². The van der Waals surface area contributed by atoms with Crippen LogP contribution in [0.15, 0.2) is 48.5 Å². The summed E-state index contributed by atoms with van der Waals surface area (Å²) in [5, 5.41) is 2.93. The Hall–Kier alpha value is -2.75. The molecule has 2 aromatic rings. The molecule has 4 nitrogen and oxygen atoms in total. The predicted molar refractivity (Wildman–Crippen MR) is 90.8 cm³/mol. The Morgan fingerprint density at radius 1 is 1.13 bits per heavy atom. The van der Waals surface area contributed by atoms with Gasteiger partial charge in [-0.05, 0) is 41.3 Å². The molecule has 0 bridgehead atoms. The highest BCUT2D eigenvalue weighted by Crippen LogP contribution is 2.32. The average molecular weight is 309 g/mol. The fourth-order valence-corrected chi connectivity index (χ4v) is 2.48. The Kier molecular flexibility index (Phi) is 4.33. The van der Waals surface area contributed by atoms with Gasteiger partial charge in [0, 0.05) is 11.8 Å². The molecule has 1 aliphatic rings. The molecule has 4 heteroatoms. The maximum absolute atomic E-state index is 12.1. The normalized spacial score (nSPS) is 12.8. The van der Waals surface area contributed by atoms with Gasteiger partial charge in [0.15, 0.2) is 11.5 Å². The Labute approximate surface area is 135 Å². The molecule has 0 saturated carbocycles. The molecule has 0 radical (unpaired) electrons. The van der Waals surface area contributed by atoms with Gasteiger partial charge in [-0.15, -0.1) is 0 Å². The van der Waals surface area contributed by atoms with Gasteiger partial charge in [-0.3, -0.25) is 4.79 Å². The summed E-state index contributed by atoms with van der Waals surface area (Å²) in [4.78, 5) is 12.1. The molecule has 0 atom stereocenters. The van der Waals surface area contributed by atoms with Crippen LogP contribution in [-0.2, 0) is 4.79 Å². The molecule has 1 heterocycles. The molecule has 0 fully saturated rings. The predicted octanol–water partition coefficient (Wildman–Crippen LogP) is 4.19. The lowest BCUT2D eigenvalue weighted by Gasteiger charge is -2.12. The minimum atomic E-state index is -0.157. The quantitative estimate of drug-likeness (QED) is 0.861. The van der Waals surface area contributed by atoms with Crippen LogP contribution in [0.2, 0.25) is 0 Å². The van der Waals surface area contributed by atoms with E-state index in [4.69, 9.17) is 9.47 Å². The maximum atomic E-state index is 12.1. The monoisotopic (exact) mass is 309 g/mol. The first-order chi connectivity index (χ1) is 11.1. The second-order valence-electron chi connectivity index (χ2n) is 5.68. The summed E-state index contributed by atoms with van der Waals surface area (Å²) in [6.07, 6.45) is 3.28. The zero-order valence-corrected chi connectivity index (χ0v) is 13.2. The molecular formula is C19H19NO3. The van der Waals surface area contributed by atoms with Crippen LogP contribution in [0.3, 0.4) is 0 Å². The highest BCUT2D eigenvalue weighted by Gasteiger charge is 2.12. The van der Waals surface area contributed by atoms with Gasteiger partial charge in [0.1, 0.15) is 0 Å². The number of fused-ring (bicyclic) bond motifs is 1. The molecule has 23 heavy (non-hydrogen) atoms. The molecule has 0 aliphatic carbocycles. The molecule has 1 N–H and O–H groups in total. The van der Waals surface area contributed by atoms with Gasteiger partial charge in [-0.1, -0.05) is 38.1 Å². The maximum Gasteiger partial charge on any atom is 0.248 e. The molecule has 0 saturated heterocycles. The zero-order valence-electron chi connectivity index (χ0n) is 13.2. The highest BCUT2D eigenvalue weighted by molar-refractivity contribution is 6.02. The SMILES string of the molecule is CC(C)c1ccccc1NC(=O)/C=C/c1ccc2c(c1)OCO2. The van der Waals surface area contributed by atoms with Gasteiger partial charge in [0.2, 0.25) is 12.7 Å². The number of hydrogen-bond acceptors (Lipinski definition) is 3. The standard InChI is InChI=1S/C19H19NO3/c1-13(2)15-5-3-4-6-16(15)20-19(21)10-8-14-7-9-17-18(11-14)23-12-22-17/h3-11,13H,12H2,1-2H3,(H,20,21)/b10-8+. The van der Waals surface area contributed by atoms with Crippen molar-refractivity contribution < 1.29 is 14.3 Å². The summed E-state index contributed by atoms with van der Waals surface area (Å²) < 4.78 is 10.6. The number of rotatable bonds is 4. The summed E-state index contributed by atoms with van der Waals surface area (Å²) >= 11 is 0.